The maximum Gasteiger partial charge on any atom is 0.434 e. The topological polar surface area (TPSA) is 59.4 Å². The number of amides is 1. The number of carbonyl (C=O) groups excluding carboxylic acids is 1. The molecule has 0 aliphatic carbocycles. The Hall–Kier alpha value is -2.91. The summed E-state index contributed by atoms with van der Waals surface area (Å²) in [6, 6.07) is 10.7. The molecule has 1 aromatic heterocycles. The lowest BCUT2D eigenvalue weighted by Crippen LogP contribution is -2.38. The quantitative estimate of drug-likeness (QED) is 0.524. The molecule has 1 fully saturated rings. The monoisotopic (exact) mass is 498 g/mol. The van der Waals surface area contributed by atoms with Gasteiger partial charge in [-0.3, -0.25) is 4.79 Å². The molecule has 1 atom stereocenters. The van der Waals surface area contributed by atoms with Crippen LogP contribution in [0.5, 0.6) is 5.75 Å². The third-order valence-corrected chi connectivity index (χ3v) is 5.81. The molecule has 3 aromatic rings. The van der Waals surface area contributed by atoms with E-state index >= 15 is 0 Å². The normalized spacial score (nSPS) is 16.2. The highest BCUT2D eigenvalue weighted by Crippen LogP contribution is 2.35. The van der Waals surface area contributed by atoms with Gasteiger partial charge in [0, 0.05) is 29.2 Å². The standard InChI is InChI=1S/C22H19Cl2F3N4O2/c1-33-19-6-5-14(24)10-18(19)30-8-7-15(12-30)29-21(32)17-11-28-31(20(17)22(25,26)27)16-4-2-3-13(23)9-16/h2-6,9-11,15H,7-8,12H2,1H3,(H,29,32). The fourth-order valence-electron chi connectivity index (χ4n) is 3.86. The van der Waals surface area contributed by atoms with Crippen molar-refractivity contribution in [3.63, 3.8) is 0 Å². The molecular weight excluding hydrogens is 480 g/mol. The summed E-state index contributed by atoms with van der Waals surface area (Å²) in [5, 5.41) is 7.31. The van der Waals surface area contributed by atoms with E-state index in [2.05, 4.69) is 10.4 Å². The van der Waals surface area contributed by atoms with E-state index < -0.39 is 23.3 Å². The summed E-state index contributed by atoms with van der Waals surface area (Å²) < 4.78 is 47.7. The zero-order valence-corrected chi connectivity index (χ0v) is 18.9. The molecule has 0 radical (unpaired) electrons. The molecule has 33 heavy (non-hydrogen) atoms. The van der Waals surface area contributed by atoms with Crippen molar-refractivity contribution < 1.29 is 22.7 Å². The van der Waals surface area contributed by atoms with Crippen molar-refractivity contribution in [2.75, 3.05) is 25.1 Å². The van der Waals surface area contributed by atoms with Crippen molar-refractivity contribution >= 4 is 34.8 Å². The maximum atomic E-state index is 13.9. The highest BCUT2D eigenvalue weighted by molar-refractivity contribution is 6.31. The van der Waals surface area contributed by atoms with Crippen molar-refractivity contribution in [2.24, 2.45) is 0 Å². The van der Waals surface area contributed by atoms with E-state index in [4.69, 9.17) is 27.9 Å². The second-order valence-corrected chi connectivity index (χ2v) is 8.39. The summed E-state index contributed by atoms with van der Waals surface area (Å²) in [4.78, 5) is 14.8. The summed E-state index contributed by atoms with van der Waals surface area (Å²) in [7, 11) is 1.54. The van der Waals surface area contributed by atoms with E-state index in [0.29, 0.717) is 35.0 Å². The van der Waals surface area contributed by atoms with E-state index in [1.54, 1.807) is 18.2 Å². The van der Waals surface area contributed by atoms with Gasteiger partial charge in [0.15, 0.2) is 5.69 Å². The first-order valence-corrected chi connectivity index (χ1v) is 10.7. The van der Waals surface area contributed by atoms with Crippen molar-refractivity contribution in [1.82, 2.24) is 15.1 Å². The second-order valence-electron chi connectivity index (χ2n) is 7.52. The Balaban J connectivity index is 1.56. The molecule has 1 aliphatic rings. The third-order valence-electron chi connectivity index (χ3n) is 5.34. The molecule has 0 spiro atoms. The van der Waals surface area contributed by atoms with Gasteiger partial charge >= 0.3 is 6.18 Å². The molecule has 1 aliphatic heterocycles. The molecule has 4 rings (SSSR count). The Morgan fingerprint density at radius 1 is 1.18 bits per heavy atom. The minimum atomic E-state index is -4.80. The third kappa shape index (κ3) is 4.89. The molecule has 174 valence electrons. The van der Waals surface area contributed by atoms with Gasteiger partial charge in [0.2, 0.25) is 0 Å². The number of hydrogen-bond donors (Lipinski definition) is 1. The first-order chi connectivity index (χ1) is 15.7. The molecule has 2 aromatic carbocycles. The average molecular weight is 499 g/mol. The number of anilines is 1. The van der Waals surface area contributed by atoms with Gasteiger partial charge < -0.3 is 15.0 Å². The van der Waals surface area contributed by atoms with Crippen LogP contribution in [0.25, 0.3) is 5.69 Å². The summed E-state index contributed by atoms with van der Waals surface area (Å²) in [6.45, 7) is 0.974. The Labute approximate surface area is 197 Å². The highest BCUT2D eigenvalue weighted by atomic mass is 35.5. The number of benzene rings is 2. The number of methoxy groups -OCH3 is 1. The van der Waals surface area contributed by atoms with Gasteiger partial charge in [-0.1, -0.05) is 29.3 Å². The van der Waals surface area contributed by atoms with Gasteiger partial charge in [0.25, 0.3) is 5.91 Å². The van der Waals surface area contributed by atoms with Crippen molar-refractivity contribution in [3.05, 3.63) is 70.0 Å². The van der Waals surface area contributed by atoms with Gasteiger partial charge in [0.1, 0.15) is 5.75 Å². The number of halogens is 5. The van der Waals surface area contributed by atoms with Gasteiger partial charge in [-0.2, -0.15) is 18.3 Å². The molecule has 0 saturated carbocycles. The van der Waals surface area contributed by atoms with E-state index in [1.807, 2.05) is 4.90 Å². The second kappa shape index (κ2) is 9.15. The van der Waals surface area contributed by atoms with E-state index in [0.717, 1.165) is 11.9 Å². The van der Waals surface area contributed by atoms with Crippen LogP contribution < -0.4 is 15.0 Å². The minimum Gasteiger partial charge on any atom is -0.495 e. The molecule has 1 unspecified atom stereocenters. The van der Waals surface area contributed by atoms with Crippen molar-refractivity contribution in [2.45, 2.75) is 18.6 Å². The Morgan fingerprint density at radius 3 is 2.64 bits per heavy atom. The van der Waals surface area contributed by atoms with Crippen LogP contribution in [0.2, 0.25) is 10.0 Å². The van der Waals surface area contributed by atoms with E-state index in [1.165, 1.54) is 31.4 Å². The molecule has 1 amide bonds. The van der Waals surface area contributed by atoms with Gasteiger partial charge in [0.05, 0.1) is 30.2 Å². The fraction of sp³-hybridized carbons (Fsp3) is 0.273. The van der Waals surface area contributed by atoms with E-state index in [9.17, 15) is 18.0 Å². The molecule has 6 nitrogen and oxygen atoms in total. The van der Waals surface area contributed by atoms with Crippen LogP contribution in [0.1, 0.15) is 22.5 Å². The van der Waals surface area contributed by atoms with Crippen LogP contribution in [0.4, 0.5) is 18.9 Å². The van der Waals surface area contributed by atoms with Crippen molar-refractivity contribution in [1.29, 1.82) is 0 Å². The number of aromatic nitrogens is 2. The molecule has 0 bridgehead atoms. The number of hydrogen-bond acceptors (Lipinski definition) is 4. The van der Waals surface area contributed by atoms with Crippen LogP contribution in [0.3, 0.4) is 0 Å². The lowest BCUT2D eigenvalue weighted by molar-refractivity contribution is -0.143. The summed E-state index contributed by atoms with van der Waals surface area (Å²) in [5.41, 5.74) is -0.852. The summed E-state index contributed by atoms with van der Waals surface area (Å²) in [6.07, 6.45) is -3.33. The fourth-order valence-corrected chi connectivity index (χ4v) is 4.21. The largest absolute Gasteiger partial charge is 0.495 e. The highest BCUT2D eigenvalue weighted by Gasteiger charge is 2.41. The molecule has 1 saturated heterocycles. The lowest BCUT2D eigenvalue weighted by Gasteiger charge is -2.22. The summed E-state index contributed by atoms with van der Waals surface area (Å²) >= 11 is 12.0. The molecule has 2 heterocycles. The Bertz CT molecular complexity index is 1180. The predicted molar refractivity (Wildman–Crippen MR) is 120 cm³/mol. The van der Waals surface area contributed by atoms with Gasteiger partial charge in [-0.05, 0) is 42.8 Å². The van der Waals surface area contributed by atoms with Gasteiger partial charge in [-0.25, -0.2) is 4.68 Å². The number of rotatable bonds is 5. The average Bonchev–Trinajstić information content (AvgIpc) is 3.41. The van der Waals surface area contributed by atoms with Crippen molar-refractivity contribution in [3.8, 4) is 11.4 Å². The molecular formula is C22H19Cl2F3N4O2. The lowest BCUT2D eigenvalue weighted by atomic mass is 10.2. The van der Waals surface area contributed by atoms with Crippen LogP contribution >= 0.6 is 23.2 Å². The number of alkyl halides is 3. The zero-order valence-electron chi connectivity index (χ0n) is 17.4. The Kier molecular flexibility index (Phi) is 6.45. The smallest absolute Gasteiger partial charge is 0.434 e. The number of nitrogens with one attached hydrogen (secondary N) is 1. The SMILES string of the molecule is COc1ccc(Cl)cc1N1CCC(NC(=O)c2cnn(-c3cccc(Cl)c3)c2C(F)(F)F)C1. The number of nitrogens with zero attached hydrogens (tertiary/aromatic N) is 3. The Morgan fingerprint density at radius 2 is 1.94 bits per heavy atom. The maximum absolute atomic E-state index is 13.9. The van der Waals surface area contributed by atoms with Crippen LogP contribution in [0, 0.1) is 0 Å². The van der Waals surface area contributed by atoms with Crippen LogP contribution in [-0.2, 0) is 6.18 Å². The van der Waals surface area contributed by atoms with Crippen LogP contribution in [-0.4, -0.2) is 41.9 Å². The first kappa shape index (κ1) is 23.3. The molecule has 11 heteroatoms. The number of carbonyl (C=O) groups is 1. The van der Waals surface area contributed by atoms with Crippen LogP contribution in [0.15, 0.2) is 48.7 Å². The zero-order chi connectivity index (χ0) is 23.8. The number of ether oxygens (including phenoxy) is 1. The first-order valence-electron chi connectivity index (χ1n) is 9.98. The predicted octanol–water partition coefficient (Wildman–Crippen LogP) is 5.22. The molecule has 1 N–H and O–H groups in total. The summed E-state index contributed by atoms with van der Waals surface area (Å²) in [5.74, 6) is -0.228. The van der Waals surface area contributed by atoms with E-state index in [-0.39, 0.29) is 16.8 Å². The minimum absolute atomic E-state index is 0.106. The van der Waals surface area contributed by atoms with Gasteiger partial charge in [-0.15, -0.1) is 0 Å².